The third-order valence-corrected chi connectivity index (χ3v) is 6.44. The van der Waals surface area contributed by atoms with E-state index in [2.05, 4.69) is 35.6 Å². The normalized spacial score (nSPS) is 10.6. The Kier molecular flexibility index (Phi) is 10.2. The number of amides is 1. The molecule has 4 nitrogen and oxygen atoms in total. The summed E-state index contributed by atoms with van der Waals surface area (Å²) in [5, 5.41) is 2.90. The van der Waals surface area contributed by atoms with Gasteiger partial charge in [0.1, 0.15) is 5.75 Å². The lowest BCUT2D eigenvalue weighted by Gasteiger charge is -2.10. The lowest BCUT2D eigenvalue weighted by atomic mass is 10.1. The number of rotatable bonds is 13. The Hall–Kier alpha value is -3.05. The molecule has 0 fully saturated rings. The molecule has 0 aromatic heterocycles. The molecule has 0 atom stereocenters. The minimum Gasteiger partial charge on any atom is -0.494 e. The van der Waals surface area contributed by atoms with Crippen LogP contribution in [-0.2, 0) is 17.6 Å². The predicted molar refractivity (Wildman–Crippen MR) is 141 cm³/mol. The lowest BCUT2D eigenvalue weighted by Crippen LogP contribution is -2.13. The Labute approximate surface area is 207 Å². The third-order valence-electron chi connectivity index (χ3n) is 5.65. The molecule has 3 aromatic carbocycles. The van der Waals surface area contributed by atoms with Gasteiger partial charge in [-0.25, -0.2) is 0 Å². The summed E-state index contributed by atoms with van der Waals surface area (Å²) in [7, 11) is 0. The Bertz CT molecular complexity index is 1060. The first-order valence-electron chi connectivity index (χ1n) is 11.8. The highest BCUT2D eigenvalue weighted by Gasteiger charge is 2.10. The molecule has 1 amide bonds. The number of Topliss-reactive ketones (excluding diaryl/α,β-unsaturated/α-hetero) is 1. The van der Waals surface area contributed by atoms with Crippen molar-refractivity contribution in [3.05, 3.63) is 89.5 Å². The predicted octanol–water partition coefficient (Wildman–Crippen LogP) is 6.97. The number of ether oxygens (including phenoxy) is 1. The summed E-state index contributed by atoms with van der Waals surface area (Å²) in [6.45, 7) is 2.26. The molecule has 0 aliphatic carbocycles. The molecule has 0 saturated carbocycles. The van der Waals surface area contributed by atoms with Crippen LogP contribution in [0.25, 0.3) is 0 Å². The van der Waals surface area contributed by atoms with Gasteiger partial charge in [-0.05, 0) is 86.7 Å². The maximum absolute atomic E-state index is 12.4. The van der Waals surface area contributed by atoms with Crippen LogP contribution in [0.15, 0.2) is 77.7 Å². The second-order valence-corrected chi connectivity index (χ2v) is 9.16. The molecule has 0 aliphatic heterocycles. The van der Waals surface area contributed by atoms with E-state index in [-0.39, 0.29) is 11.7 Å². The van der Waals surface area contributed by atoms with E-state index < -0.39 is 0 Å². The minimum atomic E-state index is -0.0674. The number of aryl methyl sites for hydroxylation is 2. The SMILES string of the molecule is CSc1ccc(NC(=O)CCc2ccc(OCCCCCc3ccccc3)cc2)cc1C(C)=O. The van der Waals surface area contributed by atoms with Crippen LogP contribution in [0.5, 0.6) is 5.75 Å². The smallest absolute Gasteiger partial charge is 0.224 e. The summed E-state index contributed by atoms with van der Waals surface area (Å²) in [6.07, 6.45) is 7.43. The van der Waals surface area contributed by atoms with Gasteiger partial charge in [-0.3, -0.25) is 9.59 Å². The molecule has 3 aromatic rings. The van der Waals surface area contributed by atoms with Gasteiger partial charge in [-0.15, -0.1) is 11.8 Å². The highest BCUT2D eigenvalue weighted by Crippen LogP contribution is 2.24. The molecular formula is C29H33NO3S. The third kappa shape index (κ3) is 8.38. The van der Waals surface area contributed by atoms with Crippen LogP contribution in [-0.4, -0.2) is 24.6 Å². The van der Waals surface area contributed by atoms with Crippen molar-refractivity contribution < 1.29 is 14.3 Å². The second kappa shape index (κ2) is 13.6. The van der Waals surface area contributed by atoms with Crippen molar-refractivity contribution in [2.75, 3.05) is 18.2 Å². The molecule has 1 N–H and O–H groups in total. The van der Waals surface area contributed by atoms with Crippen molar-refractivity contribution in [2.24, 2.45) is 0 Å². The van der Waals surface area contributed by atoms with Crippen molar-refractivity contribution >= 4 is 29.1 Å². The summed E-state index contributed by atoms with van der Waals surface area (Å²) in [5.41, 5.74) is 3.77. The van der Waals surface area contributed by atoms with Gasteiger partial charge in [0.05, 0.1) is 6.61 Å². The number of carbonyl (C=O) groups excluding carboxylic acids is 2. The first kappa shape index (κ1) is 25.6. The molecule has 0 unspecified atom stereocenters. The number of thioether (sulfide) groups is 1. The number of nitrogens with one attached hydrogen (secondary N) is 1. The first-order chi connectivity index (χ1) is 16.5. The maximum Gasteiger partial charge on any atom is 0.224 e. The van der Waals surface area contributed by atoms with Gasteiger partial charge < -0.3 is 10.1 Å². The van der Waals surface area contributed by atoms with Crippen molar-refractivity contribution in [1.29, 1.82) is 0 Å². The summed E-state index contributed by atoms with van der Waals surface area (Å²) >= 11 is 1.52. The largest absolute Gasteiger partial charge is 0.494 e. The molecule has 34 heavy (non-hydrogen) atoms. The summed E-state index contributed by atoms with van der Waals surface area (Å²) in [6, 6.07) is 24.0. The van der Waals surface area contributed by atoms with Gasteiger partial charge in [0.15, 0.2) is 5.78 Å². The average Bonchev–Trinajstić information content (AvgIpc) is 2.86. The summed E-state index contributed by atoms with van der Waals surface area (Å²) < 4.78 is 5.86. The molecule has 5 heteroatoms. The van der Waals surface area contributed by atoms with E-state index >= 15 is 0 Å². The molecule has 3 rings (SSSR count). The van der Waals surface area contributed by atoms with Gasteiger partial charge in [-0.1, -0.05) is 42.5 Å². The Morgan fingerprint density at radius 2 is 1.59 bits per heavy atom. The van der Waals surface area contributed by atoms with Gasteiger partial charge in [0.25, 0.3) is 0 Å². The van der Waals surface area contributed by atoms with E-state index in [9.17, 15) is 9.59 Å². The zero-order valence-corrected chi connectivity index (χ0v) is 20.8. The topological polar surface area (TPSA) is 55.4 Å². The quantitative estimate of drug-likeness (QED) is 0.165. The fraction of sp³-hybridized carbons (Fsp3) is 0.310. The lowest BCUT2D eigenvalue weighted by molar-refractivity contribution is -0.116. The highest BCUT2D eigenvalue weighted by atomic mass is 32.2. The maximum atomic E-state index is 12.4. The fourth-order valence-electron chi connectivity index (χ4n) is 3.74. The van der Waals surface area contributed by atoms with Gasteiger partial charge in [-0.2, -0.15) is 0 Å². The standard InChI is InChI=1S/C29H33NO3S/c1-22(31)27-21-25(15-18-28(27)34-2)30-29(32)19-14-24-12-16-26(17-13-24)33-20-8-4-7-11-23-9-5-3-6-10-23/h3,5-6,9-10,12-13,15-18,21H,4,7-8,11,14,19-20H2,1-2H3,(H,30,32). The van der Waals surface area contributed by atoms with Crippen LogP contribution in [0.3, 0.4) is 0 Å². The van der Waals surface area contributed by atoms with Crippen LogP contribution in [0.4, 0.5) is 5.69 Å². The number of benzene rings is 3. The van der Waals surface area contributed by atoms with Crippen LogP contribution in [0.2, 0.25) is 0 Å². The molecule has 0 aliphatic rings. The Balaban J connectivity index is 1.35. The molecule has 0 bridgehead atoms. The molecule has 0 saturated heterocycles. The monoisotopic (exact) mass is 475 g/mol. The number of anilines is 1. The highest BCUT2D eigenvalue weighted by molar-refractivity contribution is 7.98. The van der Waals surface area contributed by atoms with Crippen LogP contribution >= 0.6 is 11.8 Å². The number of hydrogen-bond donors (Lipinski definition) is 1. The van der Waals surface area contributed by atoms with Crippen molar-refractivity contribution in [3.63, 3.8) is 0 Å². The van der Waals surface area contributed by atoms with Crippen molar-refractivity contribution in [1.82, 2.24) is 0 Å². The van der Waals surface area contributed by atoms with E-state index in [0.29, 0.717) is 30.7 Å². The molecule has 0 radical (unpaired) electrons. The number of carbonyl (C=O) groups is 2. The number of unbranched alkanes of at least 4 members (excludes halogenated alkanes) is 2. The van der Waals surface area contributed by atoms with Crippen molar-refractivity contribution in [3.8, 4) is 5.75 Å². The van der Waals surface area contributed by atoms with E-state index in [1.54, 1.807) is 13.0 Å². The van der Waals surface area contributed by atoms with E-state index in [1.165, 1.54) is 23.7 Å². The van der Waals surface area contributed by atoms with Gasteiger partial charge >= 0.3 is 0 Å². The van der Waals surface area contributed by atoms with E-state index in [1.807, 2.05) is 42.7 Å². The molecular weight excluding hydrogens is 442 g/mol. The molecule has 0 spiro atoms. The van der Waals surface area contributed by atoms with E-state index in [0.717, 1.165) is 35.5 Å². The number of ketones is 1. The fourth-order valence-corrected chi connectivity index (χ4v) is 4.36. The van der Waals surface area contributed by atoms with Gasteiger partial charge in [0.2, 0.25) is 5.91 Å². The zero-order valence-electron chi connectivity index (χ0n) is 20.0. The van der Waals surface area contributed by atoms with Gasteiger partial charge in [0, 0.05) is 22.6 Å². The minimum absolute atomic E-state index is 0.00468. The Morgan fingerprint density at radius 1 is 0.853 bits per heavy atom. The van der Waals surface area contributed by atoms with Crippen molar-refractivity contribution in [2.45, 2.75) is 50.3 Å². The second-order valence-electron chi connectivity index (χ2n) is 8.31. The van der Waals surface area contributed by atoms with Crippen LogP contribution < -0.4 is 10.1 Å². The molecule has 0 heterocycles. The molecule has 178 valence electrons. The van der Waals surface area contributed by atoms with E-state index in [4.69, 9.17) is 4.74 Å². The average molecular weight is 476 g/mol. The summed E-state index contributed by atoms with van der Waals surface area (Å²) in [4.78, 5) is 25.1. The van der Waals surface area contributed by atoms with Crippen LogP contribution in [0, 0.1) is 0 Å². The zero-order chi connectivity index (χ0) is 24.2. The van der Waals surface area contributed by atoms with Crippen LogP contribution in [0.1, 0.15) is 54.1 Å². The summed E-state index contributed by atoms with van der Waals surface area (Å²) in [5.74, 6) is 0.791. The Morgan fingerprint density at radius 3 is 2.29 bits per heavy atom. The number of hydrogen-bond acceptors (Lipinski definition) is 4. The first-order valence-corrected chi connectivity index (χ1v) is 13.0.